The summed E-state index contributed by atoms with van der Waals surface area (Å²) >= 11 is 0. The van der Waals surface area contributed by atoms with Crippen molar-refractivity contribution in [3.8, 4) is 5.75 Å². The van der Waals surface area contributed by atoms with Gasteiger partial charge in [-0.3, -0.25) is 9.10 Å². The molecular weight excluding hydrogens is 378 g/mol. The SMILES string of the molecule is CN(C)CCCNC(=O)[C@@H]1CN(S(=O)(=O)c2ccccc2)c2ccccc2O1. The number of carbonyl (C=O) groups is 1. The second-order valence-electron chi connectivity index (χ2n) is 6.87. The standard InChI is InChI=1S/C20H25N3O4S/c1-22(2)14-8-13-21-20(24)19-15-23(17-11-6-7-12-18(17)27-19)28(25,26)16-9-4-3-5-10-16/h3-7,9-12,19H,8,13-15H2,1-2H3,(H,21,24)/t19-/m0/s1. The third-order valence-electron chi connectivity index (χ3n) is 4.44. The maximum Gasteiger partial charge on any atom is 0.264 e. The Morgan fingerprint density at radius 1 is 1.14 bits per heavy atom. The van der Waals surface area contributed by atoms with Crippen molar-refractivity contribution in [1.29, 1.82) is 0 Å². The van der Waals surface area contributed by atoms with Gasteiger partial charge in [-0.1, -0.05) is 30.3 Å². The van der Waals surface area contributed by atoms with Crippen LogP contribution in [0.2, 0.25) is 0 Å². The van der Waals surface area contributed by atoms with Crippen LogP contribution in [-0.4, -0.2) is 59.1 Å². The maximum absolute atomic E-state index is 13.2. The van der Waals surface area contributed by atoms with Gasteiger partial charge in [0.2, 0.25) is 0 Å². The first-order valence-corrected chi connectivity index (χ1v) is 10.6. The lowest BCUT2D eigenvalue weighted by Gasteiger charge is -2.34. The number of hydrogen-bond donors (Lipinski definition) is 1. The largest absolute Gasteiger partial charge is 0.476 e. The Kier molecular flexibility index (Phi) is 6.21. The van der Waals surface area contributed by atoms with E-state index in [1.807, 2.05) is 19.0 Å². The molecule has 0 saturated carbocycles. The predicted octanol–water partition coefficient (Wildman–Crippen LogP) is 1.71. The summed E-state index contributed by atoms with van der Waals surface area (Å²) in [7, 11) is 0.124. The Bertz CT molecular complexity index is 916. The van der Waals surface area contributed by atoms with Gasteiger partial charge in [-0.2, -0.15) is 0 Å². The molecule has 0 unspecified atom stereocenters. The van der Waals surface area contributed by atoms with E-state index < -0.39 is 16.1 Å². The predicted molar refractivity (Wildman–Crippen MR) is 108 cm³/mol. The number of amides is 1. The minimum atomic E-state index is -3.81. The van der Waals surface area contributed by atoms with Crippen molar-refractivity contribution in [3.63, 3.8) is 0 Å². The summed E-state index contributed by atoms with van der Waals surface area (Å²) in [4.78, 5) is 14.8. The van der Waals surface area contributed by atoms with Gasteiger partial charge >= 0.3 is 0 Å². The molecule has 0 bridgehead atoms. The number of ether oxygens (including phenoxy) is 1. The van der Waals surface area contributed by atoms with Crippen LogP contribution in [0.3, 0.4) is 0 Å². The Labute approximate surface area is 166 Å². The van der Waals surface area contributed by atoms with Gasteiger partial charge < -0.3 is 15.0 Å². The summed E-state index contributed by atoms with van der Waals surface area (Å²) in [6.07, 6.45) is -0.110. The number of sulfonamides is 1. The second kappa shape index (κ2) is 8.62. The molecule has 150 valence electrons. The Morgan fingerprint density at radius 2 is 1.82 bits per heavy atom. The first-order chi connectivity index (χ1) is 13.4. The van der Waals surface area contributed by atoms with E-state index in [-0.39, 0.29) is 17.3 Å². The fraction of sp³-hybridized carbons (Fsp3) is 0.350. The van der Waals surface area contributed by atoms with Crippen LogP contribution >= 0.6 is 0 Å². The van der Waals surface area contributed by atoms with Crippen molar-refractivity contribution in [3.05, 3.63) is 54.6 Å². The molecule has 1 amide bonds. The van der Waals surface area contributed by atoms with E-state index in [1.54, 1.807) is 54.6 Å². The molecular formula is C20H25N3O4S. The molecule has 1 N–H and O–H groups in total. The van der Waals surface area contributed by atoms with E-state index in [9.17, 15) is 13.2 Å². The average molecular weight is 404 g/mol. The van der Waals surface area contributed by atoms with Crippen LogP contribution in [0, 0.1) is 0 Å². The normalized spacial score (nSPS) is 16.4. The van der Waals surface area contributed by atoms with Gasteiger partial charge in [0.05, 0.1) is 17.1 Å². The molecule has 8 heteroatoms. The molecule has 28 heavy (non-hydrogen) atoms. The molecule has 1 heterocycles. The molecule has 0 aromatic heterocycles. The summed E-state index contributed by atoms with van der Waals surface area (Å²) in [5, 5.41) is 2.84. The average Bonchev–Trinajstić information content (AvgIpc) is 2.70. The smallest absolute Gasteiger partial charge is 0.264 e. The molecule has 7 nitrogen and oxygen atoms in total. The Hall–Kier alpha value is -2.58. The number of rotatable bonds is 7. The fourth-order valence-electron chi connectivity index (χ4n) is 3.01. The number of carbonyl (C=O) groups excluding carboxylic acids is 1. The fourth-order valence-corrected chi connectivity index (χ4v) is 4.50. The van der Waals surface area contributed by atoms with E-state index in [0.29, 0.717) is 18.0 Å². The lowest BCUT2D eigenvalue weighted by molar-refractivity contribution is -0.127. The molecule has 1 aliphatic rings. The van der Waals surface area contributed by atoms with Crippen LogP contribution in [0.15, 0.2) is 59.5 Å². The highest BCUT2D eigenvalue weighted by Crippen LogP contribution is 2.36. The quantitative estimate of drug-likeness (QED) is 0.712. The van der Waals surface area contributed by atoms with Crippen LogP contribution in [0.25, 0.3) is 0 Å². The second-order valence-corrected chi connectivity index (χ2v) is 8.73. The molecule has 0 saturated heterocycles. The molecule has 0 fully saturated rings. The molecule has 2 aromatic carbocycles. The summed E-state index contributed by atoms with van der Waals surface area (Å²) in [6.45, 7) is 1.28. The highest BCUT2D eigenvalue weighted by atomic mass is 32.2. The monoisotopic (exact) mass is 403 g/mol. The van der Waals surface area contributed by atoms with Crippen molar-refractivity contribution in [2.75, 3.05) is 38.0 Å². The third-order valence-corrected chi connectivity index (χ3v) is 6.23. The van der Waals surface area contributed by atoms with Gasteiger partial charge in [0.25, 0.3) is 15.9 Å². The third kappa shape index (κ3) is 4.45. The summed E-state index contributed by atoms with van der Waals surface area (Å²) in [5.41, 5.74) is 0.433. The van der Waals surface area contributed by atoms with Gasteiger partial charge in [-0.15, -0.1) is 0 Å². The summed E-state index contributed by atoms with van der Waals surface area (Å²) in [6, 6.07) is 15.1. The molecule has 0 spiro atoms. The lowest BCUT2D eigenvalue weighted by atomic mass is 10.2. The van der Waals surface area contributed by atoms with E-state index in [1.165, 1.54) is 4.31 Å². The number of nitrogens with zero attached hydrogens (tertiary/aromatic N) is 2. The first kappa shape index (κ1) is 20.2. The molecule has 0 aliphatic carbocycles. The zero-order valence-electron chi connectivity index (χ0n) is 16.0. The van der Waals surface area contributed by atoms with E-state index >= 15 is 0 Å². The summed E-state index contributed by atoms with van der Waals surface area (Å²) in [5.74, 6) is 0.0585. The van der Waals surface area contributed by atoms with Gasteiger partial charge in [0.1, 0.15) is 5.75 Å². The van der Waals surface area contributed by atoms with Crippen molar-refractivity contribution < 1.29 is 17.9 Å². The number of nitrogens with one attached hydrogen (secondary N) is 1. The molecule has 2 aromatic rings. The minimum Gasteiger partial charge on any atom is -0.476 e. The van der Waals surface area contributed by atoms with Crippen LogP contribution < -0.4 is 14.4 Å². The van der Waals surface area contributed by atoms with Crippen LogP contribution in [-0.2, 0) is 14.8 Å². The Balaban J connectivity index is 1.82. The van der Waals surface area contributed by atoms with E-state index in [2.05, 4.69) is 5.32 Å². The highest BCUT2D eigenvalue weighted by molar-refractivity contribution is 7.92. The topological polar surface area (TPSA) is 79.0 Å². The van der Waals surface area contributed by atoms with E-state index in [4.69, 9.17) is 4.74 Å². The number of hydrogen-bond acceptors (Lipinski definition) is 5. The summed E-state index contributed by atoms with van der Waals surface area (Å²) < 4.78 is 33.4. The van der Waals surface area contributed by atoms with Crippen LogP contribution in [0.5, 0.6) is 5.75 Å². The zero-order chi connectivity index (χ0) is 20.1. The number of anilines is 1. The zero-order valence-corrected chi connectivity index (χ0v) is 16.9. The van der Waals surface area contributed by atoms with Crippen molar-refractivity contribution in [2.45, 2.75) is 17.4 Å². The molecule has 1 aliphatic heterocycles. The van der Waals surface area contributed by atoms with E-state index in [0.717, 1.165) is 13.0 Å². The van der Waals surface area contributed by atoms with Gasteiger partial charge in [0.15, 0.2) is 6.10 Å². The molecule has 1 atom stereocenters. The van der Waals surface area contributed by atoms with Crippen LogP contribution in [0.4, 0.5) is 5.69 Å². The lowest BCUT2D eigenvalue weighted by Crippen LogP contribution is -2.50. The highest BCUT2D eigenvalue weighted by Gasteiger charge is 2.37. The van der Waals surface area contributed by atoms with Gasteiger partial charge in [0, 0.05) is 6.54 Å². The minimum absolute atomic E-state index is 0.0756. The maximum atomic E-state index is 13.2. The van der Waals surface area contributed by atoms with Gasteiger partial charge in [-0.05, 0) is 51.3 Å². The van der Waals surface area contributed by atoms with Crippen molar-refractivity contribution >= 4 is 21.6 Å². The first-order valence-electron chi connectivity index (χ1n) is 9.15. The van der Waals surface area contributed by atoms with Gasteiger partial charge in [-0.25, -0.2) is 8.42 Å². The number of para-hydroxylation sites is 2. The number of fused-ring (bicyclic) bond motifs is 1. The Morgan fingerprint density at radius 3 is 2.54 bits per heavy atom. The van der Waals surface area contributed by atoms with Crippen LogP contribution in [0.1, 0.15) is 6.42 Å². The van der Waals surface area contributed by atoms with Crippen molar-refractivity contribution in [2.24, 2.45) is 0 Å². The number of benzene rings is 2. The molecule has 0 radical (unpaired) electrons. The molecule has 3 rings (SSSR count). The van der Waals surface area contributed by atoms with Crippen molar-refractivity contribution in [1.82, 2.24) is 10.2 Å².